The summed E-state index contributed by atoms with van der Waals surface area (Å²) in [4.78, 5) is 21.9. The van der Waals surface area contributed by atoms with Crippen LogP contribution >= 0.6 is 0 Å². The second-order valence-corrected chi connectivity index (χ2v) is 3.73. The van der Waals surface area contributed by atoms with E-state index in [-0.39, 0.29) is 17.6 Å². The zero-order valence-corrected chi connectivity index (χ0v) is 7.41. The fourth-order valence-electron chi connectivity index (χ4n) is 1.91. The zero-order chi connectivity index (χ0) is 9.30. The van der Waals surface area contributed by atoms with Crippen LogP contribution in [0.4, 0.5) is 0 Å². The van der Waals surface area contributed by atoms with Crippen LogP contribution in [0, 0.1) is 17.8 Å². The van der Waals surface area contributed by atoms with E-state index in [4.69, 9.17) is 5.11 Å². The molecular weight excluding hydrogens is 156 g/mol. The number of Topliss-reactive ketones (excluding diaryl/α,β-unsaturated/α-hetero) is 1. The van der Waals surface area contributed by atoms with Gasteiger partial charge in [0.25, 0.3) is 0 Å². The second kappa shape index (κ2) is 3.25. The van der Waals surface area contributed by atoms with E-state index in [1.54, 1.807) is 0 Å². The first-order chi connectivity index (χ1) is 5.54. The number of carbonyl (C=O) groups is 2. The highest BCUT2D eigenvalue weighted by molar-refractivity contribution is 6.00. The molecule has 0 radical (unpaired) electrons. The zero-order valence-electron chi connectivity index (χ0n) is 7.41. The van der Waals surface area contributed by atoms with Crippen molar-refractivity contribution >= 4 is 11.8 Å². The monoisotopic (exact) mass is 170 g/mol. The maximum absolute atomic E-state index is 11.1. The highest BCUT2D eigenvalue weighted by Crippen LogP contribution is 2.34. The third kappa shape index (κ3) is 1.49. The number of hydrogen-bond donors (Lipinski definition) is 1. The summed E-state index contributed by atoms with van der Waals surface area (Å²) in [7, 11) is 0. The summed E-state index contributed by atoms with van der Waals surface area (Å²) in [6, 6.07) is 0. The van der Waals surface area contributed by atoms with Gasteiger partial charge in [-0.05, 0) is 18.3 Å². The number of carboxylic acids is 1. The van der Waals surface area contributed by atoms with Crippen molar-refractivity contribution in [2.75, 3.05) is 0 Å². The van der Waals surface area contributed by atoms with Crippen LogP contribution in [0.3, 0.4) is 0 Å². The topological polar surface area (TPSA) is 54.4 Å². The summed E-state index contributed by atoms with van der Waals surface area (Å²) in [6.07, 6.45) is 1.19. The van der Waals surface area contributed by atoms with Crippen molar-refractivity contribution in [1.82, 2.24) is 0 Å². The summed E-state index contributed by atoms with van der Waals surface area (Å²) >= 11 is 0. The van der Waals surface area contributed by atoms with Gasteiger partial charge in [-0.25, -0.2) is 0 Å². The predicted molar refractivity (Wildman–Crippen MR) is 43.7 cm³/mol. The van der Waals surface area contributed by atoms with E-state index in [1.165, 1.54) is 0 Å². The number of aliphatic carboxylic acids is 1. The Morgan fingerprint density at radius 1 is 1.58 bits per heavy atom. The van der Waals surface area contributed by atoms with Gasteiger partial charge in [-0.3, -0.25) is 9.59 Å². The van der Waals surface area contributed by atoms with Gasteiger partial charge < -0.3 is 5.11 Å². The largest absolute Gasteiger partial charge is 0.481 e. The quantitative estimate of drug-likeness (QED) is 0.636. The highest BCUT2D eigenvalue weighted by Gasteiger charge is 2.41. The van der Waals surface area contributed by atoms with Gasteiger partial charge in [0.15, 0.2) is 0 Å². The predicted octanol–water partition coefficient (Wildman–Crippen LogP) is 1.32. The van der Waals surface area contributed by atoms with Crippen molar-refractivity contribution < 1.29 is 14.7 Å². The molecule has 0 heterocycles. The molecule has 0 bridgehead atoms. The summed E-state index contributed by atoms with van der Waals surface area (Å²) < 4.78 is 0. The molecule has 0 aromatic carbocycles. The van der Waals surface area contributed by atoms with Crippen LogP contribution in [-0.4, -0.2) is 16.9 Å². The van der Waals surface area contributed by atoms with Crippen molar-refractivity contribution in [1.29, 1.82) is 0 Å². The Bertz CT molecular complexity index is 208. The lowest BCUT2D eigenvalue weighted by Crippen LogP contribution is -2.27. The molecule has 12 heavy (non-hydrogen) atoms. The highest BCUT2D eigenvalue weighted by atomic mass is 16.4. The molecule has 68 valence electrons. The van der Waals surface area contributed by atoms with Gasteiger partial charge in [0.05, 0.1) is 0 Å². The molecule has 0 aliphatic heterocycles. The van der Waals surface area contributed by atoms with Crippen LogP contribution in [-0.2, 0) is 9.59 Å². The summed E-state index contributed by atoms with van der Waals surface area (Å²) in [6.45, 7) is 3.94. The Morgan fingerprint density at radius 2 is 2.17 bits per heavy atom. The van der Waals surface area contributed by atoms with Crippen LogP contribution in [0.25, 0.3) is 0 Å². The maximum atomic E-state index is 11.1. The van der Waals surface area contributed by atoms with Crippen molar-refractivity contribution in [2.24, 2.45) is 17.8 Å². The molecule has 1 rings (SSSR count). The van der Waals surface area contributed by atoms with Gasteiger partial charge in [-0.2, -0.15) is 0 Å². The molecule has 0 aromatic rings. The molecule has 0 aromatic heterocycles. The van der Waals surface area contributed by atoms with E-state index < -0.39 is 11.9 Å². The van der Waals surface area contributed by atoms with E-state index in [9.17, 15) is 9.59 Å². The minimum atomic E-state index is -0.948. The van der Waals surface area contributed by atoms with Crippen LogP contribution in [0.1, 0.15) is 26.7 Å². The lowest BCUT2D eigenvalue weighted by Gasteiger charge is -2.17. The first-order valence-electron chi connectivity index (χ1n) is 4.29. The van der Waals surface area contributed by atoms with Crippen molar-refractivity contribution in [3.8, 4) is 0 Å². The van der Waals surface area contributed by atoms with E-state index in [0.29, 0.717) is 6.42 Å². The Balaban J connectivity index is 2.77. The minimum Gasteiger partial charge on any atom is -0.481 e. The lowest BCUT2D eigenvalue weighted by molar-refractivity contribution is -0.147. The summed E-state index contributed by atoms with van der Waals surface area (Å²) in [5.74, 6) is -1.44. The van der Waals surface area contributed by atoms with Crippen molar-refractivity contribution in [3.63, 3.8) is 0 Å². The van der Waals surface area contributed by atoms with Gasteiger partial charge in [0.2, 0.25) is 0 Å². The fourth-order valence-corrected chi connectivity index (χ4v) is 1.91. The van der Waals surface area contributed by atoms with Crippen molar-refractivity contribution in [3.05, 3.63) is 0 Å². The molecule has 3 nitrogen and oxygen atoms in total. The molecule has 0 spiro atoms. The van der Waals surface area contributed by atoms with Crippen LogP contribution in [0.2, 0.25) is 0 Å². The van der Waals surface area contributed by atoms with Crippen LogP contribution in [0.5, 0.6) is 0 Å². The maximum Gasteiger partial charge on any atom is 0.314 e. The van der Waals surface area contributed by atoms with Gasteiger partial charge in [0, 0.05) is 6.42 Å². The Kier molecular flexibility index (Phi) is 2.50. The SMILES string of the molecule is CC(C)C1CCC(=O)C1C(=O)O. The third-order valence-electron chi connectivity index (χ3n) is 2.62. The van der Waals surface area contributed by atoms with E-state index >= 15 is 0 Å². The first kappa shape index (κ1) is 9.23. The molecule has 1 fully saturated rings. The molecular formula is C9H14O3. The normalized spacial score (nSPS) is 29.8. The summed E-state index contributed by atoms with van der Waals surface area (Å²) in [5, 5.41) is 8.78. The average Bonchev–Trinajstić information content (AvgIpc) is 2.30. The van der Waals surface area contributed by atoms with Gasteiger partial charge in [-0.15, -0.1) is 0 Å². The number of carboxylic acid groups (broad SMARTS) is 1. The van der Waals surface area contributed by atoms with Gasteiger partial charge in [-0.1, -0.05) is 13.8 Å². The van der Waals surface area contributed by atoms with Crippen LogP contribution < -0.4 is 0 Å². The fraction of sp³-hybridized carbons (Fsp3) is 0.778. The molecule has 1 saturated carbocycles. The molecule has 0 amide bonds. The molecule has 1 aliphatic rings. The Morgan fingerprint density at radius 3 is 2.50 bits per heavy atom. The van der Waals surface area contributed by atoms with Gasteiger partial charge in [0.1, 0.15) is 11.7 Å². The van der Waals surface area contributed by atoms with E-state index in [0.717, 1.165) is 6.42 Å². The summed E-state index contributed by atoms with van der Waals surface area (Å²) in [5.41, 5.74) is 0. The van der Waals surface area contributed by atoms with E-state index in [2.05, 4.69) is 0 Å². The smallest absolute Gasteiger partial charge is 0.314 e. The molecule has 3 heteroatoms. The average molecular weight is 170 g/mol. The number of ketones is 1. The first-order valence-corrected chi connectivity index (χ1v) is 4.29. The molecule has 0 saturated heterocycles. The minimum absolute atomic E-state index is 0.0509. The standard InChI is InChI=1S/C9H14O3/c1-5(2)6-3-4-7(10)8(6)9(11)12/h5-6,8H,3-4H2,1-2H3,(H,11,12). The third-order valence-corrected chi connectivity index (χ3v) is 2.62. The Hall–Kier alpha value is -0.860. The molecule has 1 N–H and O–H groups in total. The number of rotatable bonds is 2. The van der Waals surface area contributed by atoms with Crippen LogP contribution in [0.15, 0.2) is 0 Å². The Labute approximate surface area is 71.8 Å². The van der Waals surface area contributed by atoms with Gasteiger partial charge >= 0.3 is 5.97 Å². The second-order valence-electron chi connectivity index (χ2n) is 3.73. The lowest BCUT2D eigenvalue weighted by atomic mass is 9.86. The number of carbonyl (C=O) groups excluding carboxylic acids is 1. The molecule has 1 aliphatic carbocycles. The molecule has 2 unspecified atom stereocenters. The van der Waals surface area contributed by atoms with E-state index in [1.807, 2.05) is 13.8 Å². The van der Waals surface area contributed by atoms with Crippen molar-refractivity contribution in [2.45, 2.75) is 26.7 Å². The molecule has 2 atom stereocenters. The number of hydrogen-bond acceptors (Lipinski definition) is 2.